The number of carboxylic acids is 1. The second-order valence-electron chi connectivity index (χ2n) is 3.19. The van der Waals surface area contributed by atoms with Crippen molar-refractivity contribution in [2.24, 2.45) is 0 Å². The van der Waals surface area contributed by atoms with Crippen molar-refractivity contribution in [1.29, 1.82) is 0 Å². The standard InChI is InChI=1S/C11H8N4O3/c1-2-7-18-9-5-3-8(4-6-9)15-13-10(11(16)17)12-14-15/h1,3-6H,7H2,(H,16,17). The summed E-state index contributed by atoms with van der Waals surface area (Å²) in [5, 5.41) is 19.4. The Morgan fingerprint density at radius 1 is 1.44 bits per heavy atom. The number of ether oxygens (including phenoxy) is 1. The van der Waals surface area contributed by atoms with Crippen molar-refractivity contribution in [3.63, 3.8) is 0 Å². The Hall–Kier alpha value is -2.88. The number of hydrogen-bond acceptors (Lipinski definition) is 5. The van der Waals surface area contributed by atoms with Gasteiger partial charge in [-0.25, -0.2) is 4.79 Å². The van der Waals surface area contributed by atoms with Crippen molar-refractivity contribution in [3.8, 4) is 23.8 Å². The van der Waals surface area contributed by atoms with Crippen LogP contribution < -0.4 is 4.74 Å². The van der Waals surface area contributed by atoms with Gasteiger partial charge < -0.3 is 9.84 Å². The first-order valence-corrected chi connectivity index (χ1v) is 4.90. The second-order valence-corrected chi connectivity index (χ2v) is 3.19. The Morgan fingerprint density at radius 2 is 2.17 bits per heavy atom. The van der Waals surface area contributed by atoms with Gasteiger partial charge in [0.2, 0.25) is 0 Å². The van der Waals surface area contributed by atoms with E-state index in [4.69, 9.17) is 16.3 Å². The van der Waals surface area contributed by atoms with Crippen LogP contribution in [0.4, 0.5) is 0 Å². The molecule has 2 aromatic rings. The summed E-state index contributed by atoms with van der Waals surface area (Å²) in [6, 6.07) is 6.69. The smallest absolute Gasteiger partial charge is 0.377 e. The highest BCUT2D eigenvalue weighted by Gasteiger charge is 2.11. The topological polar surface area (TPSA) is 90.1 Å². The highest BCUT2D eigenvalue weighted by Crippen LogP contribution is 2.13. The first-order valence-electron chi connectivity index (χ1n) is 4.90. The highest BCUT2D eigenvalue weighted by atomic mass is 16.5. The molecular weight excluding hydrogens is 236 g/mol. The number of aromatic nitrogens is 4. The van der Waals surface area contributed by atoms with Crippen molar-refractivity contribution >= 4 is 5.97 Å². The summed E-state index contributed by atoms with van der Waals surface area (Å²) in [5.41, 5.74) is 0.572. The van der Waals surface area contributed by atoms with Gasteiger partial charge in [0.25, 0.3) is 5.82 Å². The molecule has 1 aromatic heterocycles. The van der Waals surface area contributed by atoms with Crippen molar-refractivity contribution < 1.29 is 14.6 Å². The molecule has 1 aromatic carbocycles. The number of carbonyl (C=O) groups is 1. The molecule has 7 nitrogen and oxygen atoms in total. The molecule has 0 aliphatic heterocycles. The van der Waals surface area contributed by atoms with E-state index in [0.29, 0.717) is 11.4 Å². The van der Waals surface area contributed by atoms with E-state index in [2.05, 4.69) is 21.3 Å². The minimum atomic E-state index is -1.23. The summed E-state index contributed by atoms with van der Waals surface area (Å²) < 4.78 is 5.19. The van der Waals surface area contributed by atoms with Crippen molar-refractivity contribution in [2.45, 2.75) is 0 Å². The molecule has 0 spiro atoms. The number of terminal acetylenes is 1. The van der Waals surface area contributed by atoms with E-state index in [-0.39, 0.29) is 12.4 Å². The molecule has 0 saturated carbocycles. The average Bonchev–Trinajstić information content (AvgIpc) is 2.87. The number of carboxylic acid groups (broad SMARTS) is 1. The lowest BCUT2D eigenvalue weighted by molar-refractivity contribution is 0.0683. The summed E-state index contributed by atoms with van der Waals surface area (Å²) in [6.07, 6.45) is 5.07. The van der Waals surface area contributed by atoms with Crippen molar-refractivity contribution in [2.75, 3.05) is 6.61 Å². The quantitative estimate of drug-likeness (QED) is 0.781. The zero-order valence-electron chi connectivity index (χ0n) is 9.15. The van der Waals surface area contributed by atoms with Crippen LogP contribution in [0.1, 0.15) is 10.6 Å². The van der Waals surface area contributed by atoms with Gasteiger partial charge in [0.1, 0.15) is 12.4 Å². The Bertz CT molecular complexity index is 597. The normalized spacial score (nSPS) is 9.72. The molecule has 90 valence electrons. The van der Waals surface area contributed by atoms with Crippen LogP contribution in [0.3, 0.4) is 0 Å². The van der Waals surface area contributed by atoms with E-state index >= 15 is 0 Å². The summed E-state index contributed by atoms with van der Waals surface area (Å²) >= 11 is 0. The number of aromatic carboxylic acids is 1. The molecule has 1 N–H and O–H groups in total. The molecule has 18 heavy (non-hydrogen) atoms. The fourth-order valence-electron chi connectivity index (χ4n) is 1.21. The minimum absolute atomic E-state index is 0.185. The third-order valence-electron chi connectivity index (χ3n) is 1.99. The molecule has 0 aliphatic carbocycles. The van der Waals surface area contributed by atoms with Crippen LogP contribution in [0.25, 0.3) is 5.69 Å². The van der Waals surface area contributed by atoms with Gasteiger partial charge in [0.05, 0.1) is 5.69 Å². The maximum atomic E-state index is 10.6. The summed E-state index contributed by atoms with van der Waals surface area (Å²) in [6.45, 7) is 0.185. The molecule has 1 heterocycles. The van der Waals surface area contributed by atoms with Crippen LogP contribution in [0.2, 0.25) is 0 Å². The van der Waals surface area contributed by atoms with E-state index in [1.165, 1.54) is 0 Å². The molecule has 7 heteroatoms. The molecule has 0 radical (unpaired) electrons. The first kappa shape index (κ1) is 11.6. The van der Waals surface area contributed by atoms with Crippen LogP contribution >= 0.6 is 0 Å². The maximum absolute atomic E-state index is 10.6. The fourth-order valence-corrected chi connectivity index (χ4v) is 1.21. The van der Waals surface area contributed by atoms with Crippen LogP contribution in [-0.4, -0.2) is 37.9 Å². The average molecular weight is 244 g/mol. The lowest BCUT2D eigenvalue weighted by Crippen LogP contribution is -2.02. The second kappa shape index (κ2) is 4.97. The Morgan fingerprint density at radius 3 is 2.72 bits per heavy atom. The first-order chi connectivity index (χ1) is 8.70. The molecule has 0 fully saturated rings. The van der Waals surface area contributed by atoms with E-state index in [1.807, 2.05) is 0 Å². The predicted octanol–water partition coefficient (Wildman–Crippen LogP) is 0.372. The number of hydrogen-bond donors (Lipinski definition) is 1. The zero-order valence-corrected chi connectivity index (χ0v) is 9.15. The van der Waals surface area contributed by atoms with Crippen LogP contribution in [0, 0.1) is 12.3 Å². The molecule has 0 unspecified atom stereocenters. The summed E-state index contributed by atoms with van der Waals surface area (Å²) in [4.78, 5) is 11.7. The lowest BCUT2D eigenvalue weighted by Gasteiger charge is -2.02. The van der Waals surface area contributed by atoms with Gasteiger partial charge >= 0.3 is 5.97 Å². The molecule has 0 atom stereocenters. The Labute approximate surface area is 102 Å². The van der Waals surface area contributed by atoms with E-state index in [1.54, 1.807) is 24.3 Å². The van der Waals surface area contributed by atoms with Crippen LogP contribution in [-0.2, 0) is 0 Å². The van der Waals surface area contributed by atoms with E-state index in [9.17, 15) is 4.79 Å². The van der Waals surface area contributed by atoms with Crippen LogP contribution in [0.5, 0.6) is 5.75 Å². The highest BCUT2D eigenvalue weighted by molar-refractivity contribution is 5.82. The molecular formula is C11H8N4O3. The van der Waals surface area contributed by atoms with Gasteiger partial charge in [-0.3, -0.25) is 0 Å². The molecule has 0 bridgehead atoms. The maximum Gasteiger partial charge on any atom is 0.377 e. The largest absolute Gasteiger partial charge is 0.481 e. The molecule has 0 saturated heterocycles. The summed E-state index contributed by atoms with van der Waals surface area (Å²) in [5.74, 6) is 1.37. The fraction of sp³-hybridized carbons (Fsp3) is 0.0909. The third kappa shape index (κ3) is 2.44. The van der Waals surface area contributed by atoms with E-state index in [0.717, 1.165) is 4.80 Å². The van der Waals surface area contributed by atoms with E-state index < -0.39 is 5.97 Å². The molecule has 2 rings (SSSR count). The lowest BCUT2D eigenvalue weighted by atomic mass is 10.3. The van der Waals surface area contributed by atoms with Crippen molar-refractivity contribution in [1.82, 2.24) is 20.2 Å². The van der Waals surface area contributed by atoms with Gasteiger partial charge in [0.15, 0.2) is 0 Å². The number of tetrazole rings is 1. The zero-order chi connectivity index (χ0) is 13.0. The van der Waals surface area contributed by atoms with Crippen LogP contribution in [0.15, 0.2) is 24.3 Å². The van der Waals surface area contributed by atoms with Crippen molar-refractivity contribution in [3.05, 3.63) is 30.1 Å². The number of benzene rings is 1. The minimum Gasteiger partial charge on any atom is -0.481 e. The summed E-state index contributed by atoms with van der Waals surface area (Å²) in [7, 11) is 0. The third-order valence-corrected chi connectivity index (χ3v) is 1.99. The van der Waals surface area contributed by atoms with Gasteiger partial charge in [-0.05, 0) is 29.5 Å². The molecule has 0 aliphatic rings. The number of nitrogens with zero attached hydrogens (tertiary/aromatic N) is 4. The SMILES string of the molecule is C#CCOc1ccc(-n2nnc(C(=O)O)n2)cc1. The van der Waals surface area contributed by atoms with Gasteiger partial charge in [-0.15, -0.1) is 21.4 Å². The van der Waals surface area contributed by atoms with Gasteiger partial charge in [0, 0.05) is 0 Å². The Balaban J connectivity index is 2.18. The molecule has 0 amide bonds. The van der Waals surface area contributed by atoms with Gasteiger partial charge in [-0.2, -0.15) is 0 Å². The number of rotatable bonds is 4. The monoisotopic (exact) mass is 244 g/mol. The Kier molecular flexibility index (Phi) is 3.20. The predicted molar refractivity (Wildman–Crippen MR) is 60.4 cm³/mol. The van der Waals surface area contributed by atoms with Gasteiger partial charge in [-0.1, -0.05) is 5.92 Å².